The molecular formula is C12H10F5N3S. The molecule has 0 saturated carbocycles. The molecule has 21 heavy (non-hydrogen) atoms. The Morgan fingerprint density at radius 3 is 2.48 bits per heavy atom. The van der Waals surface area contributed by atoms with Gasteiger partial charge in [0.25, 0.3) is 0 Å². The van der Waals surface area contributed by atoms with Crippen LogP contribution in [-0.2, 0) is 6.18 Å². The molecule has 2 aromatic rings. The summed E-state index contributed by atoms with van der Waals surface area (Å²) in [4.78, 5) is 0. The Balaban J connectivity index is 2.21. The maximum Gasteiger partial charge on any atom is 0.445 e. The lowest BCUT2D eigenvalue weighted by Gasteiger charge is -2.17. The van der Waals surface area contributed by atoms with Gasteiger partial charge in [-0.05, 0) is 12.5 Å². The Morgan fingerprint density at radius 1 is 1.24 bits per heavy atom. The smallest absolute Gasteiger partial charge is 0.353 e. The predicted octanol–water partition coefficient (Wildman–Crippen LogP) is 4.40. The Morgan fingerprint density at radius 2 is 1.95 bits per heavy atom. The zero-order valence-corrected chi connectivity index (χ0v) is 11.5. The molecule has 1 atom stereocenters. The quantitative estimate of drug-likeness (QED) is 0.848. The molecule has 0 amide bonds. The van der Waals surface area contributed by atoms with Gasteiger partial charge in [0.15, 0.2) is 0 Å². The summed E-state index contributed by atoms with van der Waals surface area (Å²) >= 11 is 0.332. The Kier molecular flexibility index (Phi) is 4.40. The van der Waals surface area contributed by atoms with E-state index in [-0.39, 0.29) is 10.7 Å². The predicted molar refractivity (Wildman–Crippen MR) is 67.9 cm³/mol. The van der Waals surface area contributed by atoms with Crippen molar-refractivity contribution in [2.75, 3.05) is 5.32 Å². The highest BCUT2D eigenvalue weighted by atomic mass is 32.1. The topological polar surface area (TPSA) is 37.8 Å². The number of halogens is 5. The minimum absolute atomic E-state index is 0.0714. The van der Waals surface area contributed by atoms with Crippen LogP contribution in [0.25, 0.3) is 0 Å². The van der Waals surface area contributed by atoms with Crippen molar-refractivity contribution in [1.82, 2.24) is 10.2 Å². The third-order valence-corrected chi connectivity index (χ3v) is 3.61. The van der Waals surface area contributed by atoms with Crippen LogP contribution in [-0.4, -0.2) is 10.2 Å². The Labute approximate surface area is 120 Å². The first kappa shape index (κ1) is 15.6. The van der Waals surface area contributed by atoms with Crippen molar-refractivity contribution in [3.63, 3.8) is 0 Å². The monoisotopic (exact) mass is 323 g/mol. The molecule has 1 heterocycles. The third-order valence-electron chi connectivity index (χ3n) is 2.71. The zero-order chi connectivity index (χ0) is 15.6. The maximum atomic E-state index is 13.7. The van der Waals surface area contributed by atoms with E-state index in [1.165, 1.54) is 6.07 Å². The molecule has 3 nitrogen and oxygen atoms in total. The molecule has 0 aliphatic carbocycles. The molecule has 1 N–H and O–H groups in total. The fourth-order valence-corrected chi connectivity index (χ4v) is 2.39. The average Bonchev–Trinajstić information content (AvgIpc) is 2.85. The molecule has 2 rings (SSSR count). The summed E-state index contributed by atoms with van der Waals surface area (Å²) < 4.78 is 63.9. The van der Waals surface area contributed by atoms with E-state index < -0.39 is 28.9 Å². The summed E-state index contributed by atoms with van der Waals surface area (Å²) in [5, 5.41) is 7.94. The van der Waals surface area contributed by atoms with E-state index in [9.17, 15) is 22.0 Å². The van der Waals surface area contributed by atoms with Gasteiger partial charge in [0.2, 0.25) is 10.1 Å². The highest BCUT2D eigenvalue weighted by molar-refractivity contribution is 7.15. The van der Waals surface area contributed by atoms with Crippen LogP contribution in [0.3, 0.4) is 0 Å². The number of alkyl halides is 3. The molecule has 1 aromatic carbocycles. The van der Waals surface area contributed by atoms with Crippen LogP contribution >= 0.6 is 11.3 Å². The standard InChI is InChI=1S/C12H10F5N3S/c1-2-9(7-4-3-6(13)5-8(7)14)18-11-20-19-10(21-11)12(15,16)17/h3-5,9H,2H2,1H3,(H,18,20). The molecule has 0 bridgehead atoms. The number of aromatic nitrogens is 2. The van der Waals surface area contributed by atoms with Gasteiger partial charge in [-0.25, -0.2) is 8.78 Å². The lowest BCUT2D eigenvalue weighted by atomic mass is 10.0. The number of rotatable bonds is 4. The number of nitrogens with one attached hydrogen (secondary N) is 1. The minimum atomic E-state index is -4.57. The molecule has 1 aromatic heterocycles. The molecule has 1 unspecified atom stereocenters. The fraction of sp³-hybridized carbons (Fsp3) is 0.333. The first-order chi connectivity index (χ1) is 9.81. The van der Waals surface area contributed by atoms with E-state index in [1.54, 1.807) is 6.92 Å². The van der Waals surface area contributed by atoms with Crippen LogP contribution in [0.4, 0.5) is 27.1 Å². The summed E-state index contributed by atoms with van der Waals surface area (Å²) in [7, 11) is 0. The number of nitrogens with zero attached hydrogens (tertiary/aromatic N) is 2. The highest BCUT2D eigenvalue weighted by Crippen LogP contribution is 2.34. The second-order valence-corrected chi connectivity index (χ2v) is 5.16. The van der Waals surface area contributed by atoms with Gasteiger partial charge < -0.3 is 5.32 Å². The second-order valence-electron chi connectivity index (χ2n) is 4.18. The van der Waals surface area contributed by atoms with E-state index in [0.29, 0.717) is 17.8 Å². The summed E-state index contributed by atoms with van der Waals surface area (Å²) in [6, 6.07) is 2.43. The van der Waals surface area contributed by atoms with Crippen molar-refractivity contribution in [1.29, 1.82) is 0 Å². The van der Waals surface area contributed by atoms with E-state index in [4.69, 9.17) is 0 Å². The molecule has 9 heteroatoms. The maximum absolute atomic E-state index is 13.7. The zero-order valence-electron chi connectivity index (χ0n) is 10.7. The van der Waals surface area contributed by atoms with Crippen molar-refractivity contribution in [3.05, 3.63) is 40.4 Å². The molecule has 0 saturated heterocycles. The molecule has 0 radical (unpaired) electrons. The van der Waals surface area contributed by atoms with Crippen molar-refractivity contribution in [2.24, 2.45) is 0 Å². The normalized spacial score (nSPS) is 13.2. The summed E-state index contributed by atoms with van der Waals surface area (Å²) in [6.45, 7) is 1.71. The largest absolute Gasteiger partial charge is 0.445 e. The van der Waals surface area contributed by atoms with Crippen LogP contribution in [0.15, 0.2) is 18.2 Å². The van der Waals surface area contributed by atoms with Gasteiger partial charge in [0.1, 0.15) is 11.6 Å². The summed E-state index contributed by atoms with van der Waals surface area (Å²) in [5.74, 6) is -1.49. The minimum Gasteiger partial charge on any atom is -0.353 e. The van der Waals surface area contributed by atoms with Crippen molar-refractivity contribution >= 4 is 16.5 Å². The third kappa shape index (κ3) is 3.66. The molecule has 114 valence electrons. The molecule has 0 fully saturated rings. The van der Waals surface area contributed by atoms with Gasteiger partial charge >= 0.3 is 6.18 Å². The molecule has 0 aliphatic heterocycles. The van der Waals surface area contributed by atoms with Gasteiger partial charge in [0, 0.05) is 11.6 Å². The summed E-state index contributed by atoms with van der Waals surface area (Å²) in [5.41, 5.74) is 0.155. The van der Waals surface area contributed by atoms with Crippen LogP contribution < -0.4 is 5.32 Å². The lowest BCUT2D eigenvalue weighted by molar-refractivity contribution is -0.138. The van der Waals surface area contributed by atoms with Gasteiger partial charge in [-0.1, -0.05) is 24.3 Å². The number of hydrogen-bond acceptors (Lipinski definition) is 4. The van der Waals surface area contributed by atoms with E-state index in [0.717, 1.165) is 12.1 Å². The Bertz CT molecular complexity index is 626. The fourth-order valence-electron chi connectivity index (χ4n) is 1.73. The molecular weight excluding hydrogens is 313 g/mol. The van der Waals surface area contributed by atoms with Crippen molar-refractivity contribution < 1.29 is 22.0 Å². The van der Waals surface area contributed by atoms with E-state index in [1.807, 2.05) is 0 Å². The number of benzene rings is 1. The van der Waals surface area contributed by atoms with E-state index >= 15 is 0 Å². The van der Waals surface area contributed by atoms with Gasteiger partial charge in [-0.2, -0.15) is 13.2 Å². The number of hydrogen-bond donors (Lipinski definition) is 1. The lowest BCUT2D eigenvalue weighted by Crippen LogP contribution is -2.11. The average molecular weight is 323 g/mol. The highest BCUT2D eigenvalue weighted by Gasteiger charge is 2.35. The van der Waals surface area contributed by atoms with Crippen LogP contribution in [0.1, 0.15) is 30.0 Å². The van der Waals surface area contributed by atoms with Crippen LogP contribution in [0.5, 0.6) is 0 Å². The van der Waals surface area contributed by atoms with Gasteiger partial charge in [-0.3, -0.25) is 0 Å². The SMILES string of the molecule is CCC(Nc1nnc(C(F)(F)F)s1)c1ccc(F)cc1F. The van der Waals surface area contributed by atoms with Crippen LogP contribution in [0.2, 0.25) is 0 Å². The van der Waals surface area contributed by atoms with Gasteiger partial charge in [-0.15, -0.1) is 10.2 Å². The summed E-state index contributed by atoms with van der Waals surface area (Å²) in [6.07, 6.45) is -4.19. The molecule has 0 aliphatic rings. The first-order valence-corrected chi connectivity index (χ1v) is 6.75. The van der Waals surface area contributed by atoms with Gasteiger partial charge in [0.05, 0.1) is 6.04 Å². The number of anilines is 1. The van der Waals surface area contributed by atoms with Crippen molar-refractivity contribution in [3.8, 4) is 0 Å². The Hall–Kier alpha value is -1.77. The van der Waals surface area contributed by atoms with E-state index in [2.05, 4.69) is 15.5 Å². The second kappa shape index (κ2) is 5.92. The molecule has 0 spiro atoms. The first-order valence-electron chi connectivity index (χ1n) is 5.93. The van der Waals surface area contributed by atoms with Crippen molar-refractivity contribution in [2.45, 2.75) is 25.6 Å². The van der Waals surface area contributed by atoms with Crippen LogP contribution in [0, 0.1) is 11.6 Å².